The first-order chi connectivity index (χ1) is 9.27. The molecule has 1 saturated heterocycles. The largest absolute Gasteiger partial charge is 0.387 e. The summed E-state index contributed by atoms with van der Waals surface area (Å²) in [5.41, 5.74) is -0.00503. The zero-order valence-electron chi connectivity index (χ0n) is 10.5. The minimum Gasteiger partial charge on any atom is -0.387 e. The number of aliphatic hydroxyl groups excluding tert-OH is 1. The molecule has 96 valence electrons. The number of fused-ring (bicyclic) bond motifs is 1. The first-order valence-corrected chi connectivity index (χ1v) is 6.41. The Balaban J connectivity index is 2.12. The van der Waals surface area contributed by atoms with Crippen molar-refractivity contribution in [1.29, 1.82) is 5.26 Å². The van der Waals surface area contributed by atoms with Crippen molar-refractivity contribution in [3.63, 3.8) is 0 Å². The molecule has 0 amide bonds. The maximum absolute atomic E-state index is 10.7. The number of nitriles is 1. The van der Waals surface area contributed by atoms with Gasteiger partial charge in [0.05, 0.1) is 12.7 Å². The van der Waals surface area contributed by atoms with E-state index < -0.39 is 11.5 Å². The fourth-order valence-corrected chi connectivity index (χ4v) is 2.73. The minimum absolute atomic E-state index is 0.299. The van der Waals surface area contributed by atoms with Crippen molar-refractivity contribution in [3.8, 4) is 6.07 Å². The number of aliphatic hydroxyl groups is 1. The van der Waals surface area contributed by atoms with Gasteiger partial charge in [-0.05, 0) is 22.8 Å². The summed E-state index contributed by atoms with van der Waals surface area (Å²) in [6.07, 6.45) is -0.237. The van der Waals surface area contributed by atoms with Crippen LogP contribution in [0.25, 0.3) is 10.8 Å². The van der Waals surface area contributed by atoms with E-state index in [0.717, 1.165) is 16.3 Å². The van der Waals surface area contributed by atoms with Gasteiger partial charge in [-0.3, -0.25) is 0 Å². The Hall–Kier alpha value is -1.89. The van der Waals surface area contributed by atoms with E-state index in [4.69, 9.17) is 4.74 Å². The van der Waals surface area contributed by atoms with Crippen molar-refractivity contribution in [1.82, 2.24) is 0 Å². The molecule has 19 heavy (non-hydrogen) atoms. The van der Waals surface area contributed by atoms with Crippen LogP contribution in [0.15, 0.2) is 42.5 Å². The molecule has 1 heterocycles. The van der Waals surface area contributed by atoms with Crippen molar-refractivity contribution in [2.45, 2.75) is 12.5 Å². The Morgan fingerprint density at radius 2 is 2.00 bits per heavy atom. The molecule has 2 atom stereocenters. The number of hydrogen-bond donors (Lipinski definition) is 1. The third-order valence-corrected chi connectivity index (χ3v) is 3.92. The monoisotopic (exact) mass is 253 g/mol. The highest BCUT2D eigenvalue weighted by molar-refractivity contribution is 5.86. The summed E-state index contributed by atoms with van der Waals surface area (Å²) in [5, 5.41) is 22.2. The second-order valence-electron chi connectivity index (χ2n) is 5.04. The lowest BCUT2D eigenvalue weighted by atomic mass is 9.78. The normalized spacial score (nSPS) is 24.2. The lowest BCUT2D eigenvalue weighted by Crippen LogP contribution is -2.27. The van der Waals surface area contributed by atoms with Crippen LogP contribution in [-0.2, 0) is 4.74 Å². The molecule has 1 fully saturated rings. The first-order valence-electron chi connectivity index (χ1n) is 6.41. The minimum atomic E-state index is -0.815. The van der Waals surface area contributed by atoms with E-state index in [1.807, 2.05) is 42.5 Å². The van der Waals surface area contributed by atoms with Crippen molar-refractivity contribution in [2.24, 2.45) is 5.41 Å². The second-order valence-corrected chi connectivity index (χ2v) is 5.04. The first kappa shape index (κ1) is 12.2. The van der Waals surface area contributed by atoms with Crippen molar-refractivity contribution in [3.05, 3.63) is 48.0 Å². The predicted molar refractivity (Wildman–Crippen MR) is 72.4 cm³/mol. The van der Waals surface area contributed by atoms with E-state index in [1.165, 1.54) is 0 Å². The molecule has 1 aliphatic heterocycles. The lowest BCUT2D eigenvalue weighted by Gasteiger charge is -2.26. The summed E-state index contributed by atoms with van der Waals surface area (Å²) in [6, 6.07) is 16.0. The molecule has 2 aromatic rings. The molecule has 0 spiro atoms. The van der Waals surface area contributed by atoms with E-state index >= 15 is 0 Å². The zero-order chi connectivity index (χ0) is 13.3. The Morgan fingerprint density at radius 1 is 1.21 bits per heavy atom. The molecule has 0 aliphatic carbocycles. The Morgan fingerprint density at radius 3 is 2.74 bits per heavy atom. The molecular weight excluding hydrogens is 238 g/mol. The van der Waals surface area contributed by atoms with Crippen LogP contribution < -0.4 is 0 Å². The quantitative estimate of drug-likeness (QED) is 0.895. The molecule has 1 N–H and O–H groups in total. The van der Waals surface area contributed by atoms with Gasteiger partial charge in [-0.1, -0.05) is 42.5 Å². The molecule has 0 radical (unpaired) electrons. The predicted octanol–water partition coefficient (Wildman–Crippen LogP) is 2.80. The maximum Gasteiger partial charge on any atom is 0.113 e. The Bertz CT molecular complexity index is 633. The standard InChI is InChI=1S/C16H15NO2/c17-10-16(8-9-19-11-16)15(18)14-7-3-5-12-4-1-2-6-13(12)14/h1-7,15,18H,8-9,11H2. The fraction of sp³-hybridized carbons (Fsp3) is 0.312. The van der Waals surface area contributed by atoms with Crippen LogP contribution in [0.1, 0.15) is 18.1 Å². The Labute approximate surface area is 112 Å². The Kier molecular flexibility index (Phi) is 2.98. The van der Waals surface area contributed by atoms with E-state index in [0.29, 0.717) is 19.6 Å². The fourth-order valence-electron chi connectivity index (χ4n) is 2.73. The SMILES string of the molecule is N#CC1(C(O)c2cccc3ccccc23)CCOC1. The van der Waals surface area contributed by atoms with Gasteiger partial charge in [0, 0.05) is 6.61 Å². The van der Waals surface area contributed by atoms with Gasteiger partial charge in [0.1, 0.15) is 11.5 Å². The lowest BCUT2D eigenvalue weighted by molar-refractivity contribution is 0.0514. The molecule has 1 aliphatic rings. The zero-order valence-corrected chi connectivity index (χ0v) is 10.5. The van der Waals surface area contributed by atoms with Crippen LogP contribution >= 0.6 is 0 Å². The molecule has 0 saturated carbocycles. The molecule has 3 nitrogen and oxygen atoms in total. The molecule has 3 heteroatoms. The van der Waals surface area contributed by atoms with Gasteiger partial charge in [0.2, 0.25) is 0 Å². The van der Waals surface area contributed by atoms with E-state index in [9.17, 15) is 10.4 Å². The van der Waals surface area contributed by atoms with Crippen molar-refractivity contribution >= 4 is 10.8 Å². The topological polar surface area (TPSA) is 53.2 Å². The second kappa shape index (κ2) is 4.65. The summed E-state index contributed by atoms with van der Waals surface area (Å²) in [6.45, 7) is 0.837. The van der Waals surface area contributed by atoms with Crippen molar-refractivity contribution < 1.29 is 9.84 Å². The van der Waals surface area contributed by atoms with E-state index in [1.54, 1.807) is 0 Å². The van der Waals surface area contributed by atoms with Gasteiger partial charge in [0.15, 0.2) is 0 Å². The van der Waals surface area contributed by atoms with Crippen LogP contribution in [0.5, 0.6) is 0 Å². The summed E-state index contributed by atoms with van der Waals surface area (Å²) in [5.74, 6) is 0. The van der Waals surface area contributed by atoms with Gasteiger partial charge in [-0.15, -0.1) is 0 Å². The van der Waals surface area contributed by atoms with Gasteiger partial charge in [0.25, 0.3) is 0 Å². The summed E-state index contributed by atoms with van der Waals surface area (Å²) in [7, 11) is 0. The maximum atomic E-state index is 10.7. The van der Waals surface area contributed by atoms with Crippen LogP contribution in [0, 0.1) is 16.7 Å². The number of rotatable bonds is 2. The van der Waals surface area contributed by atoms with Gasteiger partial charge in [-0.2, -0.15) is 5.26 Å². The van der Waals surface area contributed by atoms with Gasteiger partial charge >= 0.3 is 0 Å². The number of ether oxygens (including phenoxy) is 1. The summed E-state index contributed by atoms with van der Waals surface area (Å²) < 4.78 is 5.32. The molecule has 2 aromatic carbocycles. The smallest absolute Gasteiger partial charge is 0.113 e. The molecular formula is C16H15NO2. The van der Waals surface area contributed by atoms with Crippen LogP contribution in [-0.4, -0.2) is 18.3 Å². The van der Waals surface area contributed by atoms with E-state index in [2.05, 4.69) is 6.07 Å². The molecule has 0 aromatic heterocycles. The van der Waals surface area contributed by atoms with Gasteiger partial charge in [-0.25, -0.2) is 0 Å². The average molecular weight is 253 g/mol. The average Bonchev–Trinajstić information content (AvgIpc) is 2.96. The van der Waals surface area contributed by atoms with E-state index in [-0.39, 0.29) is 0 Å². The van der Waals surface area contributed by atoms with Gasteiger partial charge < -0.3 is 9.84 Å². The van der Waals surface area contributed by atoms with Crippen LogP contribution in [0.3, 0.4) is 0 Å². The third kappa shape index (κ3) is 1.90. The van der Waals surface area contributed by atoms with Crippen molar-refractivity contribution in [2.75, 3.05) is 13.2 Å². The molecule has 2 unspecified atom stereocenters. The number of hydrogen-bond acceptors (Lipinski definition) is 3. The highest BCUT2D eigenvalue weighted by atomic mass is 16.5. The molecule has 0 bridgehead atoms. The highest BCUT2D eigenvalue weighted by Gasteiger charge is 2.43. The summed E-state index contributed by atoms with van der Waals surface area (Å²) in [4.78, 5) is 0. The molecule has 3 rings (SSSR count). The highest BCUT2D eigenvalue weighted by Crippen LogP contribution is 2.42. The number of benzene rings is 2. The van der Waals surface area contributed by atoms with Crippen LogP contribution in [0.4, 0.5) is 0 Å². The number of nitrogens with zero attached hydrogens (tertiary/aromatic N) is 1. The summed E-state index contributed by atoms with van der Waals surface area (Å²) >= 11 is 0. The third-order valence-electron chi connectivity index (χ3n) is 3.92. The van der Waals surface area contributed by atoms with Crippen LogP contribution in [0.2, 0.25) is 0 Å².